The fourth-order valence-electron chi connectivity index (χ4n) is 4.08. The van der Waals surface area contributed by atoms with Crippen LogP contribution in [-0.4, -0.2) is 11.0 Å². The van der Waals surface area contributed by atoms with E-state index >= 15 is 0 Å². The van der Waals surface area contributed by atoms with Crippen molar-refractivity contribution in [3.63, 3.8) is 0 Å². The highest BCUT2D eigenvalue weighted by Gasteiger charge is 2.27. The minimum atomic E-state index is -0.274. The third-order valence-electron chi connectivity index (χ3n) is 5.46. The number of hydrogen-bond acceptors (Lipinski definition) is 4. The third kappa shape index (κ3) is 3.55. The van der Waals surface area contributed by atoms with Gasteiger partial charge in [0.15, 0.2) is 0 Å². The monoisotopic (exact) mass is 411 g/mol. The van der Waals surface area contributed by atoms with Crippen molar-refractivity contribution in [1.82, 2.24) is 4.98 Å². The molecule has 0 atom stereocenters. The highest BCUT2D eigenvalue weighted by Crippen LogP contribution is 2.38. The van der Waals surface area contributed by atoms with Crippen molar-refractivity contribution in [2.45, 2.75) is 26.4 Å². The zero-order chi connectivity index (χ0) is 20.5. The number of hydrogen-bond donors (Lipinski definition) is 0. The number of nitrogens with zero attached hydrogens (tertiary/aromatic N) is 1. The van der Waals surface area contributed by atoms with Crippen LogP contribution in [0.3, 0.4) is 0 Å². The fraction of sp³-hybridized carbons (Fsp3) is 0.154. The predicted molar refractivity (Wildman–Crippen MR) is 123 cm³/mol. The normalized spacial score (nSPS) is 14.2. The van der Waals surface area contributed by atoms with E-state index in [0.29, 0.717) is 5.56 Å². The molecule has 0 fully saturated rings. The molecule has 0 radical (unpaired) electrons. The number of aromatic nitrogens is 1. The summed E-state index contributed by atoms with van der Waals surface area (Å²) in [5.41, 5.74) is 6.77. The van der Waals surface area contributed by atoms with Crippen LogP contribution in [0.25, 0.3) is 22.6 Å². The molecule has 0 saturated carbocycles. The lowest BCUT2D eigenvalue weighted by Crippen LogP contribution is -2.10. The van der Waals surface area contributed by atoms with Gasteiger partial charge in [0.2, 0.25) is 0 Å². The van der Waals surface area contributed by atoms with Crippen LogP contribution in [0.2, 0.25) is 0 Å². The molecule has 0 aliphatic heterocycles. The summed E-state index contributed by atoms with van der Waals surface area (Å²) in [6.07, 6.45) is 3.88. The standard InChI is InChI=1S/C26H21NO2S/c1-17-6-4-7-18(14-17)16-29-26(28)24-21-9-2-3-10-23(21)27-25-19(11-12-22(24)25)15-20-8-5-13-30-20/h2-10,13-15H,11-12,16H2,1H3/b19-15+. The van der Waals surface area contributed by atoms with Gasteiger partial charge < -0.3 is 4.74 Å². The summed E-state index contributed by atoms with van der Waals surface area (Å²) in [7, 11) is 0. The summed E-state index contributed by atoms with van der Waals surface area (Å²) >= 11 is 1.71. The Bertz CT molecular complexity index is 1270. The zero-order valence-corrected chi connectivity index (χ0v) is 17.5. The van der Waals surface area contributed by atoms with E-state index in [9.17, 15) is 4.79 Å². The van der Waals surface area contributed by atoms with Crippen molar-refractivity contribution >= 4 is 39.9 Å². The van der Waals surface area contributed by atoms with Crippen molar-refractivity contribution in [3.05, 3.63) is 98.9 Å². The molecule has 1 aliphatic carbocycles. The highest BCUT2D eigenvalue weighted by atomic mass is 32.1. The number of fused-ring (bicyclic) bond motifs is 2. The van der Waals surface area contributed by atoms with E-state index in [1.165, 1.54) is 10.5 Å². The fourth-order valence-corrected chi connectivity index (χ4v) is 4.76. The zero-order valence-electron chi connectivity index (χ0n) is 16.7. The smallest absolute Gasteiger partial charge is 0.339 e. The number of benzene rings is 2. The number of esters is 1. The van der Waals surface area contributed by atoms with Crippen LogP contribution in [0.1, 0.15) is 44.0 Å². The SMILES string of the molecule is Cc1cccc(COC(=O)c2c3c(nc4ccccc24)/C(=C/c2cccs2)CC3)c1. The molecule has 4 aromatic rings. The Balaban J connectivity index is 1.55. The second-order valence-corrected chi connectivity index (χ2v) is 8.56. The first kappa shape index (κ1) is 18.8. The molecule has 0 spiro atoms. The van der Waals surface area contributed by atoms with E-state index in [-0.39, 0.29) is 12.6 Å². The summed E-state index contributed by atoms with van der Waals surface area (Å²) in [4.78, 5) is 19.4. The van der Waals surface area contributed by atoms with Gasteiger partial charge in [-0.05, 0) is 60.1 Å². The lowest BCUT2D eigenvalue weighted by molar-refractivity contribution is 0.0473. The summed E-state index contributed by atoms with van der Waals surface area (Å²) < 4.78 is 5.76. The van der Waals surface area contributed by atoms with Gasteiger partial charge in [0.05, 0.1) is 16.8 Å². The van der Waals surface area contributed by atoms with Crippen LogP contribution in [0, 0.1) is 6.92 Å². The third-order valence-corrected chi connectivity index (χ3v) is 6.28. The average molecular weight is 412 g/mol. The van der Waals surface area contributed by atoms with E-state index in [1.807, 2.05) is 55.5 Å². The summed E-state index contributed by atoms with van der Waals surface area (Å²) in [6, 6.07) is 20.0. The molecule has 0 N–H and O–H groups in total. The van der Waals surface area contributed by atoms with Crippen molar-refractivity contribution in [2.75, 3.05) is 0 Å². The molecule has 0 unspecified atom stereocenters. The van der Waals surface area contributed by atoms with Gasteiger partial charge in [-0.15, -0.1) is 11.3 Å². The van der Waals surface area contributed by atoms with Crippen LogP contribution in [-0.2, 0) is 17.8 Å². The van der Waals surface area contributed by atoms with Crippen LogP contribution in [0.5, 0.6) is 0 Å². The molecule has 2 aromatic heterocycles. The van der Waals surface area contributed by atoms with Crippen LogP contribution in [0.4, 0.5) is 0 Å². The Kier molecular flexibility index (Phi) is 4.93. The quantitative estimate of drug-likeness (QED) is 0.362. The Hall–Kier alpha value is -3.24. The lowest BCUT2D eigenvalue weighted by atomic mass is 10.0. The minimum Gasteiger partial charge on any atom is -0.457 e. The van der Waals surface area contributed by atoms with E-state index < -0.39 is 0 Å². The Labute approximate surface area is 179 Å². The molecule has 2 heterocycles. The van der Waals surface area contributed by atoms with Crippen molar-refractivity contribution in [1.29, 1.82) is 0 Å². The first-order chi connectivity index (χ1) is 14.7. The molecule has 5 rings (SSSR count). The van der Waals surface area contributed by atoms with E-state index in [1.54, 1.807) is 11.3 Å². The maximum atomic E-state index is 13.2. The maximum Gasteiger partial charge on any atom is 0.339 e. The first-order valence-electron chi connectivity index (χ1n) is 10.1. The summed E-state index contributed by atoms with van der Waals surface area (Å²) in [6.45, 7) is 2.31. The molecule has 2 aromatic carbocycles. The second-order valence-electron chi connectivity index (χ2n) is 7.58. The van der Waals surface area contributed by atoms with Gasteiger partial charge in [0.25, 0.3) is 0 Å². The summed E-state index contributed by atoms with van der Waals surface area (Å²) in [5.74, 6) is -0.274. The van der Waals surface area contributed by atoms with Gasteiger partial charge in [0.1, 0.15) is 6.61 Å². The molecule has 0 saturated heterocycles. The van der Waals surface area contributed by atoms with Gasteiger partial charge in [-0.2, -0.15) is 0 Å². The first-order valence-corrected chi connectivity index (χ1v) is 11.0. The molecule has 0 bridgehead atoms. The number of rotatable bonds is 4. The van der Waals surface area contributed by atoms with Gasteiger partial charge in [0, 0.05) is 10.3 Å². The molecule has 1 aliphatic rings. The Morgan fingerprint density at radius 2 is 2.00 bits per heavy atom. The topological polar surface area (TPSA) is 39.2 Å². The van der Waals surface area contributed by atoms with E-state index in [4.69, 9.17) is 9.72 Å². The molecular weight excluding hydrogens is 390 g/mol. The molecule has 148 valence electrons. The van der Waals surface area contributed by atoms with Gasteiger partial charge in [-0.3, -0.25) is 0 Å². The summed E-state index contributed by atoms with van der Waals surface area (Å²) in [5, 5.41) is 2.94. The molecule has 3 nitrogen and oxygen atoms in total. The van der Waals surface area contributed by atoms with Crippen molar-refractivity contribution in [3.8, 4) is 0 Å². The van der Waals surface area contributed by atoms with E-state index in [2.05, 4.69) is 23.6 Å². The van der Waals surface area contributed by atoms with Crippen molar-refractivity contribution in [2.24, 2.45) is 0 Å². The highest BCUT2D eigenvalue weighted by molar-refractivity contribution is 7.10. The Morgan fingerprint density at radius 1 is 1.10 bits per heavy atom. The number of ether oxygens (including phenoxy) is 1. The number of pyridine rings is 1. The van der Waals surface area contributed by atoms with E-state index in [0.717, 1.165) is 46.1 Å². The number of thiophene rings is 1. The number of carbonyl (C=O) groups is 1. The minimum absolute atomic E-state index is 0.268. The molecule has 0 amide bonds. The number of allylic oxidation sites excluding steroid dienone is 1. The molecular formula is C26H21NO2S. The van der Waals surface area contributed by atoms with Crippen LogP contribution < -0.4 is 0 Å². The number of carbonyl (C=O) groups excluding carboxylic acids is 1. The molecule has 4 heteroatoms. The number of aryl methyl sites for hydroxylation is 1. The van der Waals surface area contributed by atoms with Crippen LogP contribution >= 0.6 is 11.3 Å². The van der Waals surface area contributed by atoms with Gasteiger partial charge >= 0.3 is 5.97 Å². The lowest BCUT2D eigenvalue weighted by Gasteiger charge is -2.12. The largest absolute Gasteiger partial charge is 0.457 e. The average Bonchev–Trinajstić information content (AvgIpc) is 3.41. The maximum absolute atomic E-state index is 13.2. The number of para-hydroxylation sites is 1. The van der Waals surface area contributed by atoms with Crippen LogP contribution in [0.15, 0.2) is 66.0 Å². The molecule has 30 heavy (non-hydrogen) atoms. The second kappa shape index (κ2) is 7.88. The van der Waals surface area contributed by atoms with Gasteiger partial charge in [-0.1, -0.05) is 54.1 Å². The Morgan fingerprint density at radius 3 is 2.83 bits per heavy atom. The van der Waals surface area contributed by atoms with Gasteiger partial charge in [-0.25, -0.2) is 9.78 Å². The predicted octanol–water partition coefficient (Wildman–Crippen LogP) is 6.45. The van der Waals surface area contributed by atoms with Crippen molar-refractivity contribution < 1.29 is 9.53 Å².